The van der Waals surface area contributed by atoms with Crippen molar-refractivity contribution in [3.63, 3.8) is 0 Å². The van der Waals surface area contributed by atoms with Gasteiger partial charge in [0.2, 0.25) is 6.79 Å². The standard InChI is InChI=1S/C19H29NO4/c1-13-4-3-5-17(14(13)2)20-9-16(21)11-22-10-15-6-7-18-19(8-15)24-12-23-18/h6-8,13-14,16-17,20-21H,3-5,9-12H2,1-2H3/t13-,14-,16+,17+/m1/s1. The molecule has 1 saturated carbocycles. The molecule has 2 N–H and O–H groups in total. The molecule has 1 aliphatic heterocycles. The third-order valence-electron chi connectivity index (χ3n) is 5.34. The van der Waals surface area contributed by atoms with Crippen LogP contribution in [0, 0.1) is 11.8 Å². The van der Waals surface area contributed by atoms with Crippen LogP contribution in [-0.4, -0.2) is 37.2 Å². The largest absolute Gasteiger partial charge is 0.454 e. The molecular weight excluding hydrogens is 306 g/mol. The monoisotopic (exact) mass is 335 g/mol. The highest BCUT2D eigenvalue weighted by atomic mass is 16.7. The Labute approximate surface area is 144 Å². The van der Waals surface area contributed by atoms with Gasteiger partial charge in [0.1, 0.15) is 0 Å². The molecule has 1 aromatic rings. The second-order valence-corrected chi connectivity index (χ2v) is 7.14. The summed E-state index contributed by atoms with van der Waals surface area (Å²) in [6, 6.07) is 6.30. The van der Waals surface area contributed by atoms with Crippen LogP contribution in [0.25, 0.3) is 0 Å². The van der Waals surface area contributed by atoms with Crippen LogP contribution in [0.3, 0.4) is 0 Å². The van der Waals surface area contributed by atoms with Crippen LogP contribution in [0.1, 0.15) is 38.7 Å². The summed E-state index contributed by atoms with van der Waals surface area (Å²) in [6.07, 6.45) is 3.32. The highest BCUT2D eigenvalue weighted by Gasteiger charge is 2.26. The Morgan fingerprint density at radius 3 is 2.96 bits per heavy atom. The van der Waals surface area contributed by atoms with E-state index in [0.717, 1.165) is 23.0 Å². The lowest BCUT2D eigenvalue weighted by Crippen LogP contribution is -2.44. The quantitative estimate of drug-likeness (QED) is 0.802. The van der Waals surface area contributed by atoms with Crippen molar-refractivity contribution in [1.82, 2.24) is 5.32 Å². The molecule has 5 nitrogen and oxygen atoms in total. The van der Waals surface area contributed by atoms with Crippen molar-refractivity contribution in [1.29, 1.82) is 0 Å². The molecule has 24 heavy (non-hydrogen) atoms. The van der Waals surface area contributed by atoms with E-state index in [9.17, 15) is 5.11 Å². The molecule has 5 heteroatoms. The number of rotatable bonds is 7. The third kappa shape index (κ3) is 4.41. The Morgan fingerprint density at radius 2 is 2.08 bits per heavy atom. The molecule has 1 aliphatic carbocycles. The van der Waals surface area contributed by atoms with Crippen LogP contribution in [0.15, 0.2) is 18.2 Å². The molecule has 134 valence electrons. The molecule has 0 unspecified atom stereocenters. The number of benzene rings is 1. The zero-order chi connectivity index (χ0) is 16.9. The van der Waals surface area contributed by atoms with Crippen molar-refractivity contribution >= 4 is 0 Å². The highest BCUT2D eigenvalue weighted by molar-refractivity contribution is 5.44. The van der Waals surface area contributed by atoms with Gasteiger partial charge in [-0.25, -0.2) is 0 Å². The lowest BCUT2D eigenvalue weighted by Gasteiger charge is -2.35. The summed E-state index contributed by atoms with van der Waals surface area (Å²) in [4.78, 5) is 0. The van der Waals surface area contributed by atoms with E-state index in [2.05, 4.69) is 19.2 Å². The van der Waals surface area contributed by atoms with Gasteiger partial charge in [-0.05, 0) is 36.0 Å². The molecule has 0 amide bonds. The van der Waals surface area contributed by atoms with Crippen molar-refractivity contribution in [2.45, 2.75) is 51.9 Å². The predicted molar refractivity (Wildman–Crippen MR) is 92.2 cm³/mol. The maximum absolute atomic E-state index is 10.1. The first-order chi connectivity index (χ1) is 11.6. The fraction of sp³-hybridized carbons (Fsp3) is 0.684. The lowest BCUT2D eigenvalue weighted by atomic mass is 9.78. The van der Waals surface area contributed by atoms with Crippen LogP contribution < -0.4 is 14.8 Å². The van der Waals surface area contributed by atoms with Crippen molar-refractivity contribution in [3.8, 4) is 11.5 Å². The van der Waals surface area contributed by atoms with Crippen LogP contribution in [0.2, 0.25) is 0 Å². The third-order valence-corrected chi connectivity index (χ3v) is 5.34. The number of nitrogens with one attached hydrogen (secondary N) is 1. The van der Waals surface area contributed by atoms with Gasteiger partial charge >= 0.3 is 0 Å². The first-order valence-corrected chi connectivity index (χ1v) is 9.01. The van der Waals surface area contributed by atoms with E-state index in [1.165, 1.54) is 19.3 Å². The van der Waals surface area contributed by atoms with Gasteiger partial charge in [-0.2, -0.15) is 0 Å². The second kappa shape index (κ2) is 8.19. The van der Waals surface area contributed by atoms with Crippen LogP contribution in [-0.2, 0) is 11.3 Å². The molecule has 1 fully saturated rings. The maximum Gasteiger partial charge on any atom is 0.231 e. The van der Waals surface area contributed by atoms with Gasteiger partial charge in [0, 0.05) is 12.6 Å². The van der Waals surface area contributed by atoms with Crippen molar-refractivity contribution in [2.75, 3.05) is 19.9 Å². The minimum Gasteiger partial charge on any atom is -0.454 e. The molecule has 1 aromatic carbocycles. The zero-order valence-electron chi connectivity index (χ0n) is 14.7. The van der Waals surface area contributed by atoms with Gasteiger partial charge in [-0.15, -0.1) is 0 Å². The van der Waals surface area contributed by atoms with Gasteiger partial charge in [-0.3, -0.25) is 0 Å². The summed E-state index contributed by atoms with van der Waals surface area (Å²) in [5.41, 5.74) is 1.02. The van der Waals surface area contributed by atoms with E-state index in [4.69, 9.17) is 14.2 Å². The van der Waals surface area contributed by atoms with E-state index in [-0.39, 0.29) is 6.79 Å². The van der Waals surface area contributed by atoms with Gasteiger partial charge in [0.05, 0.1) is 19.3 Å². The van der Waals surface area contributed by atoms with Crippen LogP contribution in [0.4, 0.5) is 0 Å². The number of hydrogen-bond donors (Lipinski definition) is 2. The van der Waals surface area contributed by atoms with E-state index < -0.39 is 6.10 Å². The van der Waals surface area contributed by atoms with E-state index in [1.54, 1.807) is 0 Å². The number of ether oxygens (including phenoxy) is 3. The summed E-state index contributed by atoms with van der Waals surface area (Å²) >= 11 is 0. The Balaban J connectivity index is 1.36. The summed E-state index contributed by atoms with van der Waals surface area (Å²) in [6.45, 7) is 6.29. The minimum atomic E-state index is -0.483. The Bertz CT molecular complexity index is 536. The first kappa shape index (κ1) is 17.5. The molecule has 3 rings (SSSR count). The van der Waals surface area contributed by atoms with E-state index >= 15 is 0 Å². The van der Waals surface area contributed by atoms with Crippen molar-refractivity contribution < 1.29 is 19.3 Å². The molecule has 4 atom stereocenters. The molecule has 0 saturated heterocycles. The number of aliphatic hydroxyl groups is 1. The average Bonchev–Trinajstić information content (AvgIpc) is 3.04. The second-order valence-electron chi connectivity index (χ2n) is 7.14. The zero-order valence-corrected chi connectivity index (χ0v) is 14.7. The Morgan fingerprint density at radius 1 is 1.25 bits per heavy atom. The topological polar surface area (TPSA) is 60.0 Å². The lowest BCUT2D eigenvalue weighted by molar-refractivity contribution is 0.0250. The van der Waals surface area contributed by atoms with Gasteiger partial charge in [-0.1, -0.05) is 32.8 Å². The van der Waals surface area contributed by atoms with Gasteiger partial charge in [0.15, 0.2) is 11.5 Å². The number of fused-ring (bicyclic) bond motifs is 1. The summed E-state index contributed by atoms with van der Waals surface area (Å²) in [7, 11) is 0. The fourth-order valence-electron chi connectivity index (χ4n) is 3.56. The van der Waals surface area contributed by atoms with E-state index in [0.29, 0.717) is 31.7 Å². The molecular formula is C19H29NO4. The average molecular weight is 335 g/mol. The van der Waals surface area contributed by atoms with Crippen molar-refractivity contribution in [3.05, 3.63) is 23.8 Å². The summed E-state index contributed by atoms with van der Waals surface area (Å²) in [5, 5.41) is 13.7. The molecule has 0 spiro atoms. The van der Waals surface area contributed by atoms with Gasteiger partial charge < -0.3 is 24.6 Å². The van der Waals surface area contributed by atoms with Crippen LogP contribution in [0.5, 0.6) is 11.5 Å². The molecule has 2 aliphatic rings. The normalized spacial score (nSPS) is 27.2. The van der Waals surface area contributed by atoms with E-state index in [1.807, 2.05) is 18.2 Å². The highest BCUT2D eigenvalue weighted by Crippen LogP contribution is 2.32. The fourth-order valence-corrected chi connectivity index (χ4v) is 3.56. The molecule has 1 heterocycles. The van der Waals surface area contributed by atoms with Gasteiger partial charge in [0.25, 0.3) is 0 Å². The Kier molecular flexibility index (Phi) is 5.98. The predicted octanol–water partition coefficient (Wildman–Crippen LogP) is 2.71. The number of hydrogen-bond acceptors (Lipinski definition) is 5. The van der Waals surface area contributed by atoms with Crippen LogP contribution >= 0.6 is 0 Å². The first-order valence-electron chi connectivity index (χ1n) is 9.01. The minimum absolute atomic E-state index is 0.280. The van der Waals surface area contributed by atoms with Crippen molar-refractivity contribution in [2.24, 2.45) is 11.8 Å². The maximum atomic E-state index is 10.1. The Hall–Kier alpha value is -1.30. The SMILES string of the molecule is C[C@@H]1[C@H](C)CCC[C@@H]1NC[C@H](O)COCc1ccc2c(c1)OCO2. The summed E-state index contributed by atoms with van der Waals surface area (Å²) < 4.78 is 16.3. The number of aliphatic hydroxyl groups excluding tert-OH is 1. The smallest absolute Gasteiger partial charge is 0.231 e. The molecule has 0 aromatic heterocycles. The molecule has 0 radical (unpaired) electrons. The summed E-state index contributed by atoms with van der Waals surface area (Å²) in [5.74, 6) is 2.97. The molecule has 0 bridgehead atoms.